The second-order valence-electron chi connectivity index (χ2n) is 11.3. The lowest BCUT2D eigenvalue weighted by Crippen LogP contribution is -2.42. The molecule has 11 heteroatoms. The first-order valence-corrected chi connectivity index (χ1v) is 13.6. The average Bonchev–Trinajstić information content (AvgIpc) is 2.81. The Morgan fingerprint density at radius 1 is 1.18 bits per heavy atom. The van der Waals surface area contributed by atoms with Gasteiger partial charge in [-0.05, 0) is 69.3 Å². The van der Waals surface area contributed by atoms with Crippen LogP contribution in [-0.2, 0) is 14.3 Å². The first kappa shape index (κ1) is 35.8. The van der Waals surface area contributed by atoms with E-state index in [-0.39, 0.29) is 29.3 Å². The molecule has 11 nitrogen and oxygen atoms in total. The van der Waals surface area contributed by atoms with Crippen molar-refractivity contribution in [2.75, 3.05) is 13.7 Å². The van der Waals surface area contributed by atoms with Crippen LogP contribution in [0, 0.1) is 29.1 Å². The van der Waals surface area contributed by atoms with Gasteiger partial charge in [-0.3, -0.25) is 4.79 Å². The van der Waals surface area contributed by atoms with E-state index < -0.39 is 17.7 Å². The molecule has 1 fully saturated rings. The van der Waals surface area contributed by atoms with Crippen LogP contribution < -0.4 is 21.7 Å². The first-order chi connectivity index (χ1) is 18.1. The van der Waals surface area contributed by atoms with Crippen molar-refractivity contribution in [3.8, 4) is 0 Å². The summed E-state index contributed by atoms with van der Waals surface area (Å²) in [5.74, 6) is 1.99. The van der Waals surface area contributed by atoms with Gasteiger partial charge in [0.1, 0.15) is 5.57 Å². The molecule has 3 amide bonds. The second kappa shape index (κ2) is 18.1. The number of carboxylic acid groups (broad SMARTS) is 1. The highest BCUT2D eigenvalue weighted by molar-refractivity contribution is 6.11. The Bertz CT molecular complexity index is 851. The third kappa shape index (κ3) is 16.4. The number of rotatable bonds is 13. The number of amides is 3. The first-order valence-electron chi connectivity index (χ1n) is 13.6. The lowest BCUT2D eigenvalue weighted by Gasteiger charge is -2.35. The molecule has 0 saturated heterocycles. The zero-order chi connectivity index (χ0) is 30.2. The average molecular weight is 554 g/mol. The molecule has 0 spiro atoms. The SMILES string of the molecule is CCC(C)CC1CC(NC(=O)/C(C=N)=C(/N/C=C/C(C)(C)NC(=O)OC)OCC(C)C)C[C@@H](C)C1.NC(=O)O. The number of ether oxygens (including phenoxy) is 2. The summed E-state index contributed by atoms with van der Waals surface area (Å²) in [5, 5.41) is 24.0. The lowest BCUT2D eigenvalue weighted by molar-refractivity contribution is -0.118. The van der Waals surface area contributed by atoms with E-state index in [1.54, 1.807) is 12.3 Å². The number of alkyl carbamates (subject to hydrolysis) is 1. The van der Waals surface area contributed by atoms with Gasteiger partial charge in [-0.25, -0.2) is 9.59 Å². The standard InChI is InChI=1S/C27H48N4O4.CH3NO2/c1-9-19(4)12-21-13-20(5)14-22(15-21)30-24(32)23(16-28)25(35-17-18(2)3)29-11-10-27(6,7)31-26(33)34-8;2-1(3)4/h10-11,16,18-22,28-29H,9,12-15,17H2,1-8H3,(H,30,32)(H,31,33);2H2,(H,3,4)/b11-10+,25-23-,28-16?;/t19?,20-,21?,22?;/m0./s1. The highest BCUT2D eigenvalue weighted by Gasteiger charge is 2.29. The Hall–Kier alpha value is -3.24. The van der Waals surface area contributed by atoms with Crippen molar-refractivity contribution in [2.45, 2.75) is 92.2 Å². The van der Waals surface area contributed by atoms with Crippen molar-refractivity contribution in [3.05, 3.63) is 23.7 Å². The van der Waals surface area contributed by atoms with Crippen molar-refractivity contribution in [2.24, 2.45) is 29.4 Å². The summed E-state index contributed by atoms with van der Waals surface area (Å²) in [6.45, 7) is 14.8. The van der Waals surface area contributed by atoms with E-state index in [1.165, 1.54) is 26.4 Å². The largest absolute Gasteiger partial charge is 0.478 e. The van der Waals surface area contributed by atoms with Crippen molar-refractivity contribution in [3.63, 3.8) is 0 Å². The van der Waals surface area contributed by atoms with Gasteiger partial charge in [-0.2, -0.15) is 0 Å². The highest BCUT2D eigenvalue weighted by atomic mass is 16.5. The van der Waals surface area contributed by atoms with E-state index in [0.717, 1.165) is 19.1 Å². The zero-order valence-electron chi connectivity index (χ0n) is 24.9. The fourth-order valence-electron chi connectivity index (χ4n) is 4.42. The Kier molecular flexibility index (Phi) is 16.6. The summed E-state index contributed by atoms with van der Waals surface area (Å²) in [4.78, 5) is 33.6. The molecule has 0 bridgehead atoms. The van der Waals surface area contributed by atoms with Crippen molar-refractivity contribution in [1.29, 1.82) is 5.41 Å². The van der Waals surface area contributed by atoms with E-state index in [1.807, 2.05) is 27.7 Å². The molecule has 0 aromatic heterocycles. The van der Waals surface area contributed by atoms with Crippen LogP contribution in [0.1, 0.15) is 80.6 Å². The minimum absolute atomic E-state index is 0.0836. The molecule has 3 unspecified atom stereocenters. The van der Waals surface area contributed by atoms with Crippen molar-refractivity contribution < 1.29 is 29.0 Å². The zero-order valence-corrected chi connectivity index (χ0v) is 24.9. The Labute approximate surface area is 233 Å². The molecule has 1 aliphatic rings. The Morgan fingerprint density at radius 2 is 1.79 bits per heavy atom. The van der Waals surface area contributed by atoms with Gasteiger partial charge < -0.3 is 41.7 Å². The molecule has 7 N–H and O–H groups in total. The van der Waals surface area contributed by atoms with Crippen LogP contribution in [0.4, 0.5) is 9.59 Å². The van der Waals surface area contributed by atoms with E-state index in [0.29, 0.717) is 24.4 Å². The quantitative estimate of drug-likeness (QED) is 0.108. The number of primary amides is 1. The van der Waals surface area contributed by atoms with E-state index >= 15 is 0 Å². The summed E-state index contributed by atoms with van der Waals surface area (Å²) in [5.41, 5.74) is 3.48. The lowest BCUT2D eigenvalue weighted by atomic mass is 9.75. The van der Waals surface area contributed by atoms with Crippen LogP contribution in [0.25, 0.3) is 0 Å². The molecule has 0 aromatic rings. The summed E-state index contributed by atoms with van der Waals surface area (Å²) in [6, 6.07) is 0.0836. The molecule has 224 valence electrons. The van der Waals surface area contributed by atoms with Gasteiger partial charge in [-0.15, -0.1) is 0 Å². The summed E-state index contributed by atoms with van der Waals surface area (Å²) >= 11 is 0. The van der Waals surface area contributed by atoms with E-state index in [9.17, 15) is 9.59 Å². The third-order valence-corrected chi connectivity index (χ3v) is 6.33. The minimum Gasteiger partial charge on any atom is -0.478 e. The number of methoxy groups -OCH3 is 1. The summed E-state index contributed by atoms with van der Waals surface area (Å²) in [7, 11) is 1.31. The molecule has 0 aliphatic heterocycles. The van der Waals surface area contributed by atoms with Gasteiger partial charge in [0.2, 0.25) is 5.88 Å². The number of nitrogens with one attached hydrogen (secondary N) is 4. The topological polar surface area (TPSA) is 176 Å². The maximum Gasteiger partial charge on any atom is 0.407 e. The number of hydrogen-bond donors (Lipinski definition) is 6. The number of nitrogens with two attached hydrogens (primary N) is 1. The molecule has 4 atom stereocenters. The maximum atomic E-state index is 13.2. The van der Waals surface area contributed by atoms with Crippen LogP contribution in [0.3, 0.4) is 0 Å². The van der Waals surface area contributed by atoms with Gasteiger partial charge in [0, 0.05) is 18.5 Å². The van der Waals surface area contributed by atoms with Gasteiger partial charge in [0.25, 0.3) is 5.91 Å². The fraction of sp³-hybridized carbons (Fsp3) is 0.714. The van der Waals surface area contributed by atoms with Crippen LogP contribution in [-0.4, -0.2) is 54.7 Å². The maximum absolute atomic E-state index is 13.2. The van der Waals surface area contributed by atoms with Crippen molar-refractivity contribution in [1.82, 2.24) is 16.0 Å². The van der Waals surface area contributed by atoms with Crippen LogP contribution in [0.5, 0.6) is 0 Å². The van der Waals surface area contributed by atoms with Gasteiger partial charge in [0.05, 0.1) is 19.3 Å². The third-order valence-electron chi connectivity index (χ3n) is 6.33. The molecule has 39 heavy (non-hydrogen) atoms. The highest BCUT2D eigenvalue weighted by Crippen LogP contribution is 2.33. The monoisotopic (exact) mass is 553 g/mol. The fourth-order valence-corrected chi connectivity index (χ4v) is 4.42. The predicted octanol–water partition coefficient (Wildman–Crippen LogP) is 4.74. The molecule has 0 radical (unpaired) electrons. The molecule has 0 aromatic carbocycles. The number of carbonyl (C=O) groups excluding carboxylic acids is 2. The molecule has 1 rings (SSSR count). The second-order valence-corrected chi connectivity index (χ2v) is 11.3. The predicted molar refractivity (Wildman–Crippen MR) is 153 cm³/mol. The molecular formula is C28H51N5O6. The van der Waals surface area contributed by atoms with Crippen LogP contribution >= 0.6 is 0 Å². The van der Waals surface area contributed by atoms with E-state index in [4.69, 9.17) is 20.0 Å². The summed E-state index contributed by atoms with van der Waals surface area (Å²) in [6.07, 6.45) is 7.96. The van der Waals surface area contributed by atoms with Gasteiger partial charge in [0.15, 0.2) is 0 Å². The van der Waals surface area contributed by atoms with Gasteiger partial charge in [-0.1, -0.05) is 41.0 Å². The van der Waals surface area contributed by atoms with Gasteiger partial charge >= 0.3 is 12.2 Å². The summed E-state index contributed by atoms with van der Waals surface area (Å²) < 4.78 is 10.5. The number of carbonyl (C=O) groups is 3. The van der Waals surface area contributed by atoms with Crippen LogP contribution in [0.2, 0.25) is 0 Å². The Morgan fingerprint density at radius 3 is 2.31 bits per heavy atom. The molecule has 1 aliphatic carbocycles. The van der Waals surface area contributed by atoms with Crippen molar-refractivity contribution >= 4 is 24.3 Å². The minimum atomic E-state index is -1.33. The molecular weight excluding hydrogens is 502 g/mol. The molecule has 1 saturated carbocycles. The normalized spacial score (nSPS) is 20.6. The smallest absolute Gasteiger partial charge is 0.407 e. The number of hydrogen-bond acceptors (Lipinski definition) is 7. The van der Waals surface area contributed by atoms with E-state index in [2.05, 4.69) is 47.2 Å². The van der Waals surface area contributed by atoms with Crippen LogP contribution in [0.15, 0.2) is 23.7 Å². The Balaban J connectivity index is 0.00000336. The molecule has 0 heterocycles.